The van der Waals surface area contributed by atoms with Crippen molar-refractivity contribution in [2.75, 3.05) is 51.5 Å². The van der Waals surface area contributed by atoms with Crippen LogP contribution in [0.5, 0.6) is 0 Å². The van der Waals surface area contributed by atoms with E-state index in [2.05, 4.69) is 56.3 Å². The number of methoxy groups -OCH3 is 1. The summed E-state index contributed by atoms with van der Waals surface area (Å²) in [7, 11) is 5.59. The zero-order chi connectivity index (χ0) is 27.9. The molecule has 2 aliphatic rings. The van der Waals surface area contributed by atoms with Crippen LogP contribution in [0.2, 0.25) is 0 Å². The normalized spacial score (nSPS) is 19.7. The van der Waals surface area contributed by atoms with E-state index in [1.54, 1.807) is 7.11 Å². The predicted octanol–water partition coefficient (Wildman–Crippen LogP) is 3.21. The molecule has 4 N–H and O–H groups in total. The highest BCUT2D eigenvalue weighted by Crippen LogP contribution is 2.27. The number of likely N-dealkylation sites (N-methyl/N-ethyl adjacent to an activating group) is 1. The van der Waals surface area contributed by atoms with Gasteiger partial charge in [0.05, 0.1) is 22.8 Å². The fraction of sp³-hybridized carbons (Fsp3) is 0.310. The molecule has 0 saturated carbocycles. The molecule has 10 heteroatoms. The van der Waals surface area contributed by atoms with Crippen LogP contribution in [0.3, 0.4) is 0 Å². The smallest absolute Gasteiger partial charge is 0.247 e. The second-order valence-electron chi connectivity index (χ2n) is 9.49. The molecule has 4 rings (SSSR count). The van der Waals surface area contributed by atoms with Gasteiger partial charge in [-0.25, -0.2) is 9.97 Å². The van der Waals surface area contributed by atoms with Crippen molar-refractivity contribution in [1.29, 1.82) is 5.41 Å². The molecule has 2 atom stereocenters. The summed E-state index contributed by atoms with van der Waals surface area (Å²) < 4.78 is 5.80. The zero-order valence-corrected chi connectivity index (χ0v) is 22.9. The second-order valence-corrected chi connectivity index (χ2v) is 9.49. The van der Waals surface area contributed by atoms with Gasteiger partial charge in [-0.1, -0.05) is 18.7 Å². The van der Waals surface area contributed by atoms with E-state index in [0.29, 0.717) is 23.3 Å². The van der Waals surface area contributed by atoms with Gasteiger partial charge in [-0.2, -0.15) is 0 Å². The maximum atomic E-state index is 12.4. The van der Waals surface area contributed by atoms with Gasteiger partial charge in [0.2, 0.25) is 5.91 Å². The van der Waals surface area contributed by atoms with Crippen LogP contribution in [-0.4, -0.2) is 84.9 Å². The monoisotopic (exact) mass is 528 g/mol. The van der Waals surface area contributed by atoms with Crippen molar-refractivity contribution in [2.45, 2.75) is 19.1 Å². The summed E-state index contributed by atoms with van der Waals surface area (Å²) in [4.78, 5) is 25.9. The average Bonchev–Trinajstić information content (AvgIpc) is 3.12. The Morgan fingerprint density at radius 2 is 2.08 bits per heavy atom. The number of aromatic nitrogens is 2. The van der Waals surface area contributed by atoms with Crippen molar-refractivity contribution in [3.05, 3.63) is 84.1 Å². The Kier molecular flexibility index (Phi) is 8.90. The minimum Gasteiger partial charge on any atom is -0.388 e. The Balaban J connectivity index is 1.70. The van der Waals surface area contributed by atoms with E-state index in [0.717, 1.165) is 47.8 Å². The molecule has 0 radical (unpaired) electrons. The molecule has 1 saturated heterocycles. The van der Waals surface area contributed by atoms with E-state index in [1.165, 1.54) is 18.6 Å². The van der Waals surface area contributed by atoms with Crippen LogP contribution in [0.15, 0.2) is 78.6 Å². The molecule has 2 aromatic rings. The summed E-state index contributed by atoms with van der Waals surface area (Å²) in [6.07, 6.45) is 9.56. The lowest BCUT2D eigenvalue weighted by Crippen LogP contribution is -2.49. The fourth-order valence-electron chi connectivity index (χ4n) is 4.61. The van der Waals surface area contributed by atoms with Crippen LogP contribution in [0.4, 0.5) is 11.5 Å². The molecule has 0 spiro atoms. The Labute approximate surface area is 229 Å². The highest BCUT2D eigenvalue weighted by molar-refractivity contribution is 5.89. The van der Waals surface area contributed by atoms with Gasteiger partial charge in [0, 0.05) is 68.9 Å². The number of allylic oxidation sites excluding steroid dienone is 2. The van der Waals surface area contributed by atoms with Crippen LogP contribution in [-0.2, 0) is 9.53 Å². The lowest BCUT2D eigenvalue weighted by Gasteiger charge is -2.40. The van der Waals surface area contributed by atoms with E-state index in [-0.39, 0.29) is 5.91 Å². The molecule has 2 heterocycles. The zero-order valence-electron chi connectivity index (χ0n) is 22.9. The van der Waals surface area contributed by atoms with E-state index >= 15 is 0 Å². The summed E-state index contributed by atoms with van der Waals surface area (Å²) >= 11 is 0. The SMILES string of the molecule is C=CC(=O)NC1=C(N2CCN(C)C(C)C2)C=CC(OC)C(Nc2cc(-c3ccc(C=N)c(NC)c3)ncn2)=C1. The molecule has 204 valence electrons. The van der Waals surface area contributed by atoms with Crippen LogP contribution in [0.1, 0.15) is 12.5 Å². The minimum absolute atomic E-state index is 0.289. The van der Waals surface area contributed by atoms with Gasteiger partial charge in [-0.15, -0.1) is 0 Å². The molecule has 1 aromatic carbocycles. The molecule has 2 unspecified atom stereocenters. The topological polar surface area (TPSA) is 118 Å². The van der Waals surface area contributed by atoms with Crippen LogP contribution >= 0.6 is 0 Å². The Morgan fingerprint density at radius 3 is 2.77 bits per heavy atom. The number of amides is 1. The van der Waals surface area contributed by atoms with E-state index < -0.39 is 6.10 Å². The largest absolute Gasteiger partial charge is 0.388 e. The number of benzene rings is 1. The van der Waals surface area contributed by atoms with Crippen molar-refractivity contribution in [1.82, 2.24) is 25.1 Å². The summed E-state index contributed by atoms with van der Waals surface area (Å²) in [5.74, 6) is 0.289. The molecule has 0 bridgehead atoms. The molecule has 1 aliphatic heterocycles. The molecule has 39 heavy (non-hydrogen) atoms. The number of rotatable bonds is 9. The Bertz CT molecular complexity index is 1330. The second kappa shape index (κ2) is 12.5. The van der Waals surface area contributed by atoms with Gasteiger partial charge in [0.15, 0.2) is 0 Å². The molecular formula is C29H36N8O2. The van der Waals surface area contributed by atoms with E-state index in [4.69, 9.17) is 10.1 Å². The molecule has 1 amide bonds. The Morgan fingerprint density at radius 1 is 1.26 bits per heavy atom. The molecule has 1 aromatic heterocycles. The molecule has 10 nitrogen and oxygen atoms in total. The van der Waals surface area contributed by atoms with Crippen molar-refractivity contribution in [3.63, 3.8) is 0 Å². The van der Waals surface area contributed by atoms with E-state index in [9.17, 15) is 4.79 Å². The average molecular weight is 529 g/mol. The third kappa shape index (κ3) is 6.42. The minimum atomic E-state index is -0.399. The van der Waals surface area contributed by atoms with Crippen molar-refractivity contribution < 1.29 is 9.53 Å². The summed E-state index contributed by atoms with van der Waals surface area (Å²) in [6.45, 7) is 8.40. The first-order chi connectivity index (χ1) is 18.9. The highest BCUT2D eigenvalue weighted by atomic mass is 16.5. The number of carbonyl (C=O) groups excluding carboxylic acids is 1. The van der Waals surface area contributed by atoms with Gasteiger partial charge in [-0.05, 0) is 44.3 Å². The van der Waals surface area contributed by atoms with Crippen LogP contribution in [0, 0.1) is 5.41 Å². The highest BCUT2D eigenvalue weighted by Gasteiger charge is 2.26. The predicted molar refractivity (Wildman–Crippen MR) is 156 cm³/mol. The number of carbonyl (C=O) groups is 1. The molecule has 1 aliphatic carbocycles. The summed E-state index contributed by atoms with van der Waals surface area (Å²) in [5, 5.41) is 17.1. The van der Waals surface area contributed by atoms with Gasteiger partial charge in [0.25, 0.3) is 0 Å². The fourth-order valence-corrected chi connectivity index (χ4v) is 4.61. The first kappa shape index (κ1) is 27.7. The third-order valence-corrected chi connectivity index (χ3v) is 7.02. The van der Waals surface area contributed by atoms with E-state index in [1.807, 2.05) is 49.5 Å². The molecular weight excluding hydrogens is 492 g/mol. The third-order valence-electron chi connectivity index (χ3n) is 7.02. The van der Waals surface area contributed by atoms with Gasteiger partial charge in [0.1, 0.15) is 18.2 Å². The molecule has 1 fully saturated rings. The van der Waals surface area contributed by atoms with Gasteiger partial charge >= 0.3 is 0 Å². The number of hydrogen-bond acceptors (Lipinski definition) is 9. The van der Waals surface area contributed by atoms with Crippen molar-refractivity contribution >= 4 is 23.6 Å². The lowest BCUT2D eigenvalue weighted by atomic mass is 10.1. The standard InChI is InChI=1S/C29H36N8O2/c1-6-29(38)35-24-14-25(27(39-5)10-9-26(24)37-12-11-36(4)19(2)17-37)34-28-15-23(32-18-33-28)20-7-8-21(16-30)22(13-20)31-3/h6-10,13-16,18-19,27,30-31H,1,11-12,17H2,2-5H3,(H,35,38)(H,32,33,34). The first-order valence-electron chi connectivity index (χ1n) is 12.8. The summed E-state index contributed by atoms with van der Waals surface area (Å²) in [5.41, 5.74) is 5.53. The van der Waals surface area contributed by atoms with Crippen LogP contribution in [0.25, 0.3) is 11.3 Å². The first-order valence-corrected chi connectivity index (χ1v) is 12.8. The number of ether oxygens (including phenoxy) is 1. The van der Waals surface area contributed by atoms with Gasteiger partial charge in [-0.3, -0.25) is 4.79 Å². The van der Waals surface area contributed by atoms with Gasteiger partial charge < -0.3 is 35.9 Å². The van der Waals surface area contributed by atoms with Crippen molar-refractivity contribution in [2.24, 2.45) is 0 Å². The number of hydrogen-bond donors (Lipinski definition) is 4. The Hall–Kier alpha value is -4.28. The summed E-state index contributed by atoms with van der Waals surface area (Å²) in [6, 6.07) is 7.98. The number of piperazine rings is 1. The quantitative estimate of drug-likeness (QED) is 0.290. The number of nitrogens with one attached hydrogen (secondary N) is 4. The van der Waals surface area contributed by atoms with Crippen LogP contribution < -0.4 is 16.0 Å². The van der Waals surface area contributed by atoms with Crippen molar-refractivity contribution in [3.8, 4) is 11.3 Å². The maximum absolute atomic E-state index is 12.4. The lowest BCUT2D eigenvalue weighted by molar-refractivity contribution is -0.115. The maximum Gasteiger partial charge on any atom is 0.247 e. The number of anilines is 2. The number of nitrogens with zero attached hydrogens (tertiary/aromatic N) is 4.